The largest absolute Gasteiger partial charge is 0.299 e. The quantitative estimate of drug-likeness (QED) is 0.387. The zero-order valence-corrected chi connectivity index (χ0v) is 21.7. The Morgan fingerprint density at radius 2 is 1.61 bits per heavy atom. The lowest BCUT2D eigenvalue weighted by atomic mass is 9.36. The predicted octanol–water partition coefficient (Wildman–Crippen LogP) is 8.23. The number of allylic oxidation sites excluding steroid dienone is 2. The summed E-state index contributed by atoms with van der Waals surface area (Å²) in [7, 11) is 0. The minimum Gasteiger partial charge on any atom is -0.299 e. The van der Waals surface area contributed by atoms with Gasteiger partial charge in [0.15, 0.2) is 0 Å². The maximum absolute atomic E-state index is 13.6. The third kappa shape index (κ3) is 2.59. The summed E-state index contributed by atoms with van der Waals surface area (Å²) in [6, 6.07) is 0. The smallest absolute Gasteiger partial charge is 0.137 e. The minimum atomic E-state index is 0.135. The van der Waals surface area contributed by atoms with Crippen LogP contribution in [0, 0.1) is 56.7 Å². The molecule has 0 aliphatic heterocycles. The molecule has 0 bridgehead atoms. The molecule has 0 aromatic heterocycles. The standard InChI is InChI=1S/C30H48O/c1-19(2)22-18-23(31)25-28(22,6)16-17-29(7)21-10-11-24-26(3,4)13-9-14-27(24,5)20(21)12-15-30(25,29)8/h10,19-20,22,24-25H,9,11-18H2,1-8H3/t20-,22?,24-,25+,27+,28+,29+,30-/m0/s1. The van der Waals surface area contributed by atoms with Gasteiger partial charge < -0.3 is 0 Å². The molecule has 4 saturated carbocycles. The molecule has 0 aromatic rings. The third-order valence-corrected chi connectivity index (χ3v) is 12.7. The molecular weight excluding hydrogens is 376 g/mol. The van der Waals surface area contributed by atoms with Crippen LogP contribution < -0.4 is 0 Å². The molecule has 5 aliphatic carbocycles. The zero-order valence-electron chi connectivity index (χ0n) is 21.7. The van der Waals surface area contributed by atoms with Gasteiger partial charge in [-0.15, -0.1) is 0 Å². The van der Waals surface area contributed by atoms with Crippen LogP contribution in [0.5, 0.6) is 0 Å². The molecule has 0 amide bonds. The van der Waals surface area contributed by atoms with Crippen molar-refractivity contribution in [1.29, 1.82) is 0 Å². The highest BCUT2D eigenvalue weighted by Crippen LogP contribution is 2.75. The predicted molar refractivity (Wildman–Crippen MR) is 130 cm³/mol. The fourth-order valence-electron chi connectivity index (χ4n) is 11.0. The van der Waals surface area contributed by atoms with Gasteiger partial charge in [0.1, 0.15) is 5.78 Å². The van der Waals surface area contributed by atoms with Crippen molar-refractivity contribution in [3.8, 4) is 0 Å². The number of rotatable bonds is 1. The van der Waals surface area contributed by atoms with E-state index in [1.165, 1.54) is 51.4 Å². The Bertz CT molecular complexity index is 818. The Balaban J connectivity index is 1.58. The summed E-state index contributed by atoms with van der Waals surface area (Å²) in [5, 5.41) is 0. The normalized spacial score (nSPS) is 53.3. The number of hydrogen-bond acceptors (Lipinski definition) is 1. The Hall–Kier alpha value is -0.590. The van der Waals surface area contributed by atoms with Crippen LogP contribution in [0.2, 0.25) is 0 Å². The van der Waals surface area contributed by atoms with Crippen molar-refractivity contribution < 1.29 is 4.79 Å². The fourth-order valence-corrected chi connectivity index (χ4v) is 11.0. The average Bonchev–Trinajstić information content (AvgIpc) is 2.94. The van der Waals surface area contributed by atoms with Crippen LogP contribution in [0.15, 0.2) is 11.6 Å². The molecule has 0 saturated heterocycles. The van der Waals surface area contributed by atoms with Crippen LogP contribution in [0.1, 0.15) is 113 Å². The number of hydrogen-bond donors (Lipinski definition) is 0. The molecule has 31 heavy (non-hydrogen) atoms. The SMILES string of the molecule is CC(C)C1CC(=O)[C@H]2[C@]3(C)CC[C@H]4C(=CC[C@H]5C(C)(C)CCC[C@]45C)[C@@]3(C)CC[C@]12C. The van der Waals surface area contributed by atoms with Crippen molar-refractivity contribution in [1.82, 2.24) is 0 Å². The van der Waals surface area contributed by atoms with Crippen molar-refractivity contribution >= 4 is 5.78 Å². The average molecular weight is 425 g/mol. The van der Waals surface area contributed by atoms with Crippen molar-refractivity contribution in [2.75, 3.05) is 0 Å². The molecule has 1 nitrogen and oxygen atoms in total. The van der Waals surface area contributed by atoms with E-state index in [1.807, 2.05) is 0 Å². The summed E-state index contributed by atoms with van der Waals surface area (Å²) in [4.78, 5) is 13.6. The monoisotopic (exact) mass is 424 g/mol. The first-order valence-corrected chi connectivity index (χ1v) is 13.5. The van der Waals surface area contributed by atoms with E-state index in [1.54, 1.807) is 5.57 Å². The van der Waals surface area contributed by atoms with E-state index >= 15 is 0 Å². The Morgan fingerprint density at radius 3 is 2.29 bits per heavy atom. The Labute approximate surface area is 192 Å². The number of Topliss-reactive ketones (excluding diaryl/α,β-unsaturated/α-hetero) is 1. The maximum Gasteiger partial charge on any atom is 0.137 e. The van der Waals surface area contributed by atoms with Crippen LogP contribution in [0.25, 0.3) is 0 Å². The number of fused-ring (bicyclic) bond motifs is 7. The summed E-state index contributed by atoms with van der Waals surface area (Å²) < 4.78 is 0. The topological polar surface area (TPSA) is 17.1 Å². The van der Waals surface area contributed by atoms with E-state index in [0.29, 0.717) is 28.4 Å². The Kier molecular flexibility index (Phi) is 4.66. The van der Waals surface area contributed by atoms with Crippen molar-refractivity contribution in [3.05, 3.63) is 11.6 Å². The molecule has 5 rings (SSSR count). The Morgan fingerprint density at radius 1 is 0.903 bits per heavy atom. The first-order chi connectivity index (χ1) is 14.3. The number of ketones is 1. The van der Waals surface area contributed by atoms with Crippen LogP contribution in [-0.4, -0.2) is 5.78 Å². The van der Waals surface area contributed by atoms with Crippen LogP contribution in [0.4, 0.5) is 0 Å². The molecule has 0 N–H and O–H groups in total. The van der Waals surface area contributed by atoms with Crippen molar-refractivity contribution in [2.45, 2.75) is 113 Å². The summed E-state index contributed by atoms with van der Waals surface area (Å²) in [6.07, 6.45) is 14.1. The van der Waals surface area contributed by atoms with E-state index in [4.69, 9.17) is 0 Å². The lowest BCUT2D eigenvalue weighted by Crippen LogP contribution is -2.61. The molecule has 5 aliphatic rings. The molecule has 8 atom stereocenters. The number of carbonyl (C=O) groups is 1. The van der Waals surface area contributed by atoms with Gasteiger partial charge in [-0.25, -0.2) is 0 Å². The van der Waals surface area contributed by atoms with Gasteiger partial charge in [-0.3, -0.25) is 4.79 Å². The van der Waals surface area contributed by atoms with E-state index < -0.39 is 0 Å². The highest BCUT2D eigenvalue weighted by atomic mass is 16.1. The van der Waals surface area contributed by atoms with Gasteiger partial charge in [-0.1, -0.05) is 73.5 Å². The van der Waals surface area contributed by atoms with Crippen molar-refractivity contribution in [3.63, 3.8) is 0 Å². The summed E-state index contributed by atoms with van der Waals surface area (Å²) in [5.41, 5.74) is 3.26. The van der Waals surface area contributed by atoms with E-state index in [0.717, 1.165) is 18.3 Å². The summed E-state index contributed by atoms with van der Waals surface area (Å²) in [5.74, 6) is 3.62. The highest BCUT2D eigenvalue weighted by molar-refractivity contribution is 5.86. The van der Waals surface area contributed by atoms with Crippen LogP contribution >= 0.6 is 0 Å². The molecule has 0 aromatic carbocycles. The van der Waals surface area contributed by atoms with Crippen LogP contribution in [-0.2, 0) is 4.79 Å². The van der Waals surface area contributed by atoms with Crippen LogP contribution in [0.3, 0.4) is 0 Å². The molecule has 4 fully saturated rings. The van der Waals surface area contributed by atoms with E-state index in [2.05, 4.69) is 61.5 Å². The molecule has 1 heteroatoms. The second-order valence-electron chi connectivity index (χ2n) is 14.6. The second-order valence-corrected chi connectivity index (χ2v) is 14.6. The van der Waals surface area contributed by atoms with Gasteiger partial charge in [0.2, 0.25) is 0 Å². The molecule has 1 unspecified atom stereocenters. The molecule has 174 valence electrons. The lowest BCUT2D eigenvalue weighted by molar-refractivity contribution is -0.157. The first kappa shape index (κ1) is 22.2. The molecular formula is C30H48O. The number of carbonyl (C=O) groups excluding carboxylic acids is 1. The fraction of sp³-hybridized carbons (Fsp3) is 0.900. The van der Waals surface area contributed by atoms with Gasteiger partial charge in [-0.2, -0.15) is 0 Å². The van der Waals surface area contributed by atoms with E-state index in [-0.39, 0.29) is 22.2 Å². The van der Waals surface area contributed by atoms with Gasteiger partial charge >= 0.3 is 0 Å². The maximum atomic E-state index is 13.6. The van der Waals surface area contributed by atoms with Gasteiger partial charge in [0.25, 0.3) is 0 Å². The first-order valence-electron chi connectivity index (χ1n) is 13.5. The molecule has 0 spiro atoms. The summed E-state index contributed by atoms with van der Waals surface area (Å²) >= 11 is 0. The van der Waals surface area contributed by atoms with Gasteiger partial charge in [0.05, 0.1) is 0 Å². The second kappa shape index (κ2) is 6.50. The van der Waals surface area contributed by atoms with Gasteiger partial charge in [-0.05, 0) is 95.7 Å². The highest BCUT2D eigenvalue weighted by Gasteiger charge is 2.70. The minimum absolute atomic E-state index is 0.135. The van der Waals surface area contributed by atoms with E-state index in [9.17, 15) is 4.79 Å². The van der Waals surface area contributed by atoms with Gasteiger partial charge in [0, 0.05) is 12.3 Å². The van der Waals surface area contributed by atoms with Crippen molar-refractivity contribution in [2.24, 2.45) is 56.7 Å². The lowest BCUT2D eigenvalue weighted by Gasteiger charge is -2.68. The third-order valence-electron chi connectivity index (χ3n) is 12.7. The summed E-state index contributed by atoms with van der Waals surface area (Å²) in [6.45, 7) is 20.1. The molecule has 0 radical (unpaired) electrons. The molecule has 0 heterocycles. The zero-order chi connectivity index (χ0) is 22.6.